The van der Waals surface area contributed by atoms with Crippen LogP contribution in [0.4, 0.5) is 9.80 Å². The highest BCUT2D eigenvalue weighted by Gasteiger charge is 2.29. The van der Waals surface area contributed by atoms with Gasteiger partial charge in [-0.15, -0.1) is 22.7 Å². The molecule has 0 saturated carbocycles. The Labute approximate surface area is 222 Å². The molecule has 2 amide bonds. The van der Waals surface area contributed by atoms with E-state index in [4.69, 9.17) is 4.98 Å². The van der Waals surface area contributed by atoms with Crippen LogP contribution in [0.3, 0.4) is 0 Å². The predicted molar refractivity (Wildman–Crippen MR) is 148 cm³/mol. The number of rotatable bonds is 8. The minimum Gasteiger partial charge on any atom is -0.465 e. The zero-order valence-electron chi connectivity index (χ0n) is 20.4. The number of benzene rings is 1. The summed E-state index contributed by atoms with van der Waals surface area (Å²) in [6.07, 6.45) is 0.739. The topological polar surface area (TPSA) is 85.8 Å². The third-order valence-electron chi connectivity index (χ3n) is 6.58. The van der Waals surface area contributed by atoms with Crippen LogP contribution in [-0.4, -0.2) is 57.1 Å². The summed E-state index contributed by atoms with van der Waals surface area (Å²) in [5.41, 5.74) is 3.23. The van der Waals surface area contributed by atoms with Crippen LogP contribution >= 0.6 is 38.6 Å². The van der Waals surface area contributed by atoms with Crippen molar-refractivity contribution in [2.75, 3.05) is 18.4 Å². The van der Waals surface area contributed by atoms with E-state index in [1.807, 2.05) is 26.0 Å². The molecule has 2 aromatic heterocycles. The third-order valence-corrected chi connectivity index (χ3v) is 9.26. The molecule has 10 heteroatoms. The molecule has 1 aromatic carbocycles. The minimum absolute atomic E-state index is 0.115. The summed E-state index contributed by atoms with van der Waals surface area (Å²) in [6.45, 7) is 10.2. The largest absolute Gasteiger partial charge is 0.465 e. The van der Waals surface area contributed by atoms with E-state index in [-0.39, 0.29) is 24.9 Å². The molecule has 1 unspecified atom stereocenters. The van der Waals surface area contributed by atoms with Crippen LogP contribution in [0.25, 0.3) is 20.8 Å². The third kappa shape index (κ3) is 5.71. The molecule has 1 aliphatic rings. The fourth-order valence-electron chi connectivity index (χ4n) is 4.32. The van der Waals surface area contributed by atoms with Crippen LogP contribution in [0.2, 0.25) is 0 Å². The van der Waals surface area contributed by atoms with Crippen molar-refractivity contribution in [3.8, 4) is 10.6 Å². The van der Waals surface area contributed by atoms with Gasteiger partial charge in [-0.25, -0.2) is 9.78 Å². The zero-order valence-corrected chi connectivity index (χ0v) is 23.6. The standard InChI is InChI=1S/C25H31BrN4O3S2/c1-5-15(4)30(25(32)33)11-9-21(31)28-24-22(17-8-10-29(14(2)3)13-20(17)35-24)23-27-18-12-16(26)6-7-19(18)34-23/h6-7,12,14-15H,5,8-11,13H2,1-4H3,(H,28,31)(H,32,33). The molecule has 4 rings (SSSR count). The average Bonchev–Trinajstić information content (AvgIpc) is 3.37. The number of fused-ring (bicyclic) bond motifs is 2. The summed E-state index contributed by atoms with van der Waals surface area (Å²) in [4.78, 5) is 34.6. The first-order chi connectivity index (χ1) is 16.7. The maximum atomic E-state index is 13.0. The molecule has 0 bridgehead atoms. The molecule has 0 spiro atoms. The second kappa shape index (κ2) is 10.9. The van der Waals surface area contributed by atoms with Gasteiger partial charge in [0, 0.05) is 53.1 Å². The van der Waals surface area contributed by atoms with Gasteiger partial charge in [-0.3, -0.25) is 9.69 Å². The number of nitrogens with zero attached hydrogens (tertiary/aromatic N) is 3. The van der Waals surface area contributed by atoms with Gasteiger partial charge in [0.1, 0.15) is 10.0 Å². The Kier molecular flexibility index (Phi) is 8.15. The van der Waals surface area contributed by atoms with Gasteiger partial charge >= 0.3 is 6.09 Å². The first kappa shape index (κ1) is 26.1. The SMILES string of the molecule is CCC(C)N(CCC(=O)Nc1sc2c(c1-c1nc3cc(Br)ccc3s1)CCN(C(C)C)C2)C(=O)O. The van der Waals surface area contributed by atoms with Crippen molar-refractivity contribution in [1.29, 1.82) is 0 Å². The quantitative estimate of drug-likeness (QED) is 0.312. The van der Waals surface area contributed by atoms with Gasteiger partial charge in [0.15, 0.2) is 0 Å². The van der Waals surface area contributed by atoms with E-state index < -0.39 is 6.09 Å². The van der Waals surface area contributed by atoms with E-state index in [1.54, 1.807) is 22.7 Å². The number of carbonyl (C=O) groups excluding carboxylic acids is 1. The smallest absolute Gasteiger partial charge is 0.407 e. The highest BCUT2D eigenvalue weighted by molar-refractivity contribution is 9.10. The van der Waals surface area contributed by atoms with E-state index in [0.717, 1.165) is 49.8 Å². The highest BCUT2D eigenvalue weighted by Crippen LogP contribution is 2.46. The summed E-state index contributed by atoms with van der Waals surface area (Å²) in [5.74, 6) is -0.177. The molecule has 3 aromatic rings. The van der Waals surface area contributed by atoms with Crippen LogP contribution in [-0.2, 0) is 17.8 Å². The number of anilines is 1. The summed E-state index contributed by atoms with van der Waals surface area (Å²) >= 11 is 6.79. The number of carbonyl (C=O) groups is 2. The lowest BCUT2D eigenvalue weighted by Gasteiger charge is -2.30. The first-order valence-corrected chi connectivity index (χ1v) is 14.3. The number of nitrogens with one attached hydrogen (secondary N) is 1. The minimum atomic E-state index is -0.992. The summed E-state index contributed by atoms with van der Waals surface area (Å²) < 4.78 is 2.09. The van der Waals surface area contributed by atoms with E-state index in [0.29, 0.717) is 12.5 Å². The number of hydrogen-bond acceptors (Lipinski definition) is 6. The predicted octanol–water partition coefficient (Wildman–Crippen LogP) is 6.66. The van der Waals surface area contributed by atoms with Crippen LogP contribution in [0.5, 0.6) is 0 Å². The molecule has 0 aliphatic carbocycles. The summed E-state index contributed by atoms with van der Waals surface area (Å²) in [5, 5.41) is 14.4. The lowest BCUT2D eigenvalue weighted by Crippen LogP contribution is -2.39. The molecule has 7 nitrogen and oxygen atoms in total. The fraction of sp³-hybridized carbons (Fsp3) is 0.480. The molecule has 188 valence electrons. The Hall–Kier alpha value is -2.01. The van der Waals surface area contributed by atoms with E-state index in [9.17, 15) is 14.7 Å². The Morgan fingerprint density at radius 3 is 2.74 bits per heavy atom. The van der Waals surface area contributed by atoms with Crippen LogP contribution in [0.1, 0.15) is 51.0 Å². The zero-order chi connectivity index (χ0) is 25.3. The molecular weight excluding hydrogens is 548 g/mol. The second-order valence-electron chi connectivity index (χ2n) is 9.18. The van der Waals surface area contributed by atoms with Gasteiger partial charge in [0.25, 0.3) is 0 Å². The molecule has 3 heterocycles. The van der Waals surface area contributed by atoms with Crippen molar-refractivity contribution in [2.45, 2.75) is 65.6 Å². The highest BCUT2D eigenvalue weighted by atomic mass is 79.9. The number of thiazole rings is 1. The van der Waals surface area contributed by atoms with Crippen molar-refractivity contribution in [3.05, 3.63) is 33.1 Å². The Morgan fingerprint density at radius 2 is 2.06 bits per heavy atom. The van der Waals surface area contributed by atoms with Crippen molar-refractivity contribution >= 4 is 65.8 Å². The van der Waals surface area contributed by atoms with Crippen LogP contribution in [0.15, 0.2) is 22.7 Å². The van der Waals surface area contributed by atoms with E-state index in [2.05, 4.69) is 46.1 Å². The van der Waals surface area contributed by atoms with Gasteiger partial charge in [0.2, 0.25) is 5.91 Å². The number of aromatic nitrogens is 1. The number of carboxylic acid groups (broad SMARTS) is 1. The summed E-state index contributed by atoms with van der Waals surface area (Å²) in [7, 11) is 0. The van der Waals surface area contributed by atoms with Gasteiger partial charge in [-0.05, 0) is 57.4 Å². The van der Waals surface area contributed by atoms with Gasteiger partial charge in [-0.1, -0.05) is 22.9 Å². The molecular formula is C25H31BrN4O3S2. The van der Waals surface area contributed by atoms with Gasteiger partial charge in [0.05, 0.1) is 10.2 Å². The summed E-state index contributed by atoms with van der Waals surface area (Å²) in [6, 6.07) is 6.42. The Morgan fingerprint density at radius 1 is 1.29 bits per heavy atom. The maximum Gasteiger partial charge on any atom is 0.407 e. The van der Waals surface area contributed by atoms with Gasteiger partial charge in [-0.2, -0.15) is 0 Å². The molecule has 2 N–H and O–H groups in total. The van der Waals surface area contributed by atoms with Crippen molar-refractivity contribution in [1.82, 2.24) is 14.8 Å². The monoisotopic (exact) mass is 578 g/mol. The Balaban J connectivity index is 1.64. The molecule has 1 aliphatic heterocycles. The second-order valence-corrected chi connectivity index (χ2v) is 12.2. The van der Waals surface area contributed by atoms with Crippen LogP contribution < -0.4 is 5.32 Å². The van der Waals surface area contributed by atoms with E-state index in [1.165, 1.54) is 15.3 Å². The Bertz CT molecular complexity index is 1240. The molecule has 0 saturated heterocycles. The molecule has 0 fully saturated rings. The fourth-order valence-corrected chi connectivity index (χ4v) is 7.05. The van der Waals surface area contributed by atoms with E-state index >= 15 is 0 Å². The van der Waals surface area contributed by atoms with Crippen molar-refractivity contribution in [2.24, 2.45) is 0 Å². The maximum absolute atomic E-state index is 13.0. The normalized spacial score (nSPS) is 14.8. The van der Waals surface area contributed by atoms with Crippen molar-refractivity contribution in [3.63, 3.8) is 0 Å². The number of amides is 2. The number of halogens is 1. The van der Waals surface area contributed by atoms with Crippen LogP contribution in [0, 0.1) is 0 Å². The molecule has 1 atom stereocenters. The lowest BCUT2D eigenvalue weighted by molar-refractivity contribution is -0.116. The lowest BCUT2D eigenvalue weighted by atomic mass is 10.0. The number of thiophene rings is 1. The van der Waals surface area contributed by atoms with Gasteiger partial charge < -0.3 is 15.3 Å². The molecule has 35 heavy (non-hydrogen) atoms. The average molecular weight is 580 g/mol. The van der Waals surface area contributed by atoms with Crippen molar-refractivity contribution < 1.29 is 14.7 Å². The number of hydrogen-bond donors (Lipinski definition) is 2. The first-order valence-electron chi connectivity index (χ1n) is 11.9. The molecule has 0 radical (unpaired) electrons.